The van der Waals surface area contributed by atoms with Crippen LogP contribution in [0.3, 0.4) is 0 Å². The average Bonchev–Trinajstić information content (AvgIpc) is 2.85. The van der Waals surface area contributed by atoms with Crippen molar-refractivity contribution in [3.05, 3.63) is 42.4 Å². The van der Waals surface area contributed by atoms with Crippen LogP contribution in [0.15, 0.2) is 41.7 Å². The highest BCUT2D eigenvalue weighted by molar-refractivity contribution is 7.99. The Hall–Kier alpha value is -2.41. The number of pyridine rings is 1. The Labute approximate surface area is 124 Å². The van der Waals surface area contributed by atoms with Crippen molar-refractivity contribution < 1.29 is 9.90 Å². The molecule has 7 heteroatoms. The predicted octanol–water partition coefficient (Wildman–Crippen LogP) is 2.30. The first-order valence-corrected chi connectivity index (χ1v) is 7.25. The smallest absolute Gasteiger partial charge is 0.313 e. The molecule has 2 heterocycles. The molecular formula is C14H12N4O2S. The second-order valence-electron chi connectivity index (χ2n) is 4.43. The number of aromatic nitrogens is 4. The molecule has 0 spiro atoms. The third-order valence-electron chi connectivity index (χ3n) is 2.96. The maximum atomic E-state index is 10.7. The molecule has 106 valence electrons. The van der Waals surface area contributed by atoms with Crippen molar-refractivity contribution in [1.82, 2.24) is 19.7 Å². The minimum atomic E-state index is -0.880. The third kappa shape index (κ3) is 2.73. The maximum absolute atomic E-state index is 10.7. The fourth-order valence-electron chi connectivity index (χ4n) is 2.06. The van der Waals surface area contributed by atoms with Gasteiger partial charge in [-0.2, -0.15) is 0 Å². The number of rotatable bonds is 4. The van der Waals surface area contributed by atoms with Crippen LogP contribution in [-0.2, 0) is 4.79 Å². The van der Waals surface area contributed by atoms with Crippen molar-refractivity contribution in [1.29, 1.82) is 0 Å². The van der Waals surface area contributed by atoms with Gasteiger partial charge in [-0.05, 0) is 31.2 Å². The fourth-order valence-corrected chi connectivity index (χ4v) is 2.78. The van der Waals surface area contributed by atoms with Crippen LogP contribution < -0.4 is 0 Å². The largest absolute Gasteiger partial charge is 0.481 e. The first-order valence-electron chi connectivity index (χ1n) is 6.27. The maximum Gasteiger partial charge on any atom is 0.313 e. The van der Waals surface area contributed by atoms with Gasteiger partial charge in [-0.1, -0.05) is 17.8 Å². The summed E-state index contributed by atoms with van der Waals surface area (Å²) in [4.78, 5) is 15.0. The number of hydrogen-bond acceptors (Lipinski definition) is 5. The summed E-state index contributed by atoms with van der Waals surface area (Å²) in [5.74, 6) is -0.214. The Balaban J connectivity index is 2.05. The zero-order valence-electron chi connectivity index (χ0n) is 11.2. The van der Waals surface area contributed by atoms with Crippen molar-refractivity contribution in [3.8, 4) is 5.69 Å². The number of fused-ring (bicyclic) bond motifs is 1. The van der Waals surface area contributed by atoms with E-state index >= 15 is 0 Å². The van der Waals surface area contributed by atoms with Gasteiger partial charge in [-0.15, -0.1) is 10.2 Å². The molecule has 2 aromatic heterocycles. The first-order chi connectivity index (χ1) is 10.1. The van der Waals surface area contributed by atoms with Crippen LogP contribution >= 0.6 is 11.8 Å². The van der Waals surface area contributed by atoms with Crippen LogP contribution in [0.5, 0.6) is 0 Å². The van der Waals surface area contributed by atoms with Gasteiger partial charge < -0.3 is 5.11 Å². The molecule has 0 amide bonds. The third-order valence-corrected chi connectivity index (χ3v) is 3.88. The highest BCUT2D eigenvalue weighted by atomic mass is 32.2. The molecule has 3 aromatic rings. The summed E-state index contributed by atoms with van der Waals surface area (Å²) < 4.78 is 1.85. The first kappa shape index (κ1) is 13.6. The quantitative estimate of drug-likeness (QED) is 0.745. The fraction of sp³-hybridized carbons (Fsp3) is 0.143. The van der Waals surface area contributed by atoms with Crippen LogP contribution in [0.2, 0.25) is 0 Å². The number of thioether (sulfide) groups is 1. The molecule has 0 aliphatic carbocycles. The van der Waals surface area contributed by atoms with Gasteiger partial charge in [0.05, 0.1) is 17.0 Å². The van der Waals surface area contributed by atoms with E-state index in [-0.39, 0.29) is 5.75 Å². The van der Waals surface area contributed by atoms with E-state index in [4.69, 9.17) is 5.11 Å². The van der Waals surface area contributed by atoms with E-state index in [0.717, 1.165) is 28.4 Å². The monoisotopic (exact) mass is 300 g/mol. The molecule has 0 bridgehead atoms. The summed E-state index contributed by atoms with van der Waals surface area (Å²) in [6, 6.07) is 9.70. The van der Waals surface area contributed by atoms with E-state index in [0.29, 0.717) is 11.0 Å². The van der Waals surface area contributed by atoms with Gasteiger partial charge in [0.2, 0.25) is 0 Å². The van der Waals surface area contributed by atoms with E-state index in [2.05, 4.69) is 15.2 Å². The number of carboxylic acids is 1. The summed E-state index contributed by atoms with van der Waals surface area (Å²) in [5, 5.41) is 18.5. The minimum Gasteiger partial charge on any atom is -0.481 e. The lowest BCUT2D eigenvalue weighted by Gasteiger charge is -2.08. The van der Waals surface area contributed by atoms with E-state index in [1.165, 1.54) is 0 Å². The van der Waals surface area contributed by atoms with Crippen molar-refractivity contribution >= 4 is 28.6 Å². The van der Waals surface area contributed by atoms with E-state index in [1.807, 2.05) is 41.8 Å². The summed E-state index contributed by atoms with van der Waals surface area (Å²) in [5.41, 5.74) is 1.80. The lowest BCUT2D eigenvalue weighted by Crippen LogP contribution is -2.03. The van der Waals surface area contributed by atoms with E-state index in [1.54, 1.807) is 6.20 Å². The van der Waals surface area contributed by atoms with Gasteiger partial charge in [0, 0.05) is 11.6 Å². The van der Waals surface area contributed by atoms with Crippen LogP contribution in [0.25, 0.3) is 16.6 Å². The van der Waals surface area contributed by atoms with Crippen LogP contribution in [0.4, 0.5) is 0 Å². The highest BCUT2D eigenvalue weighted by Crippen LogP contribution is 2.24. The zero-order chi connectivity index (χ0) is 14.8. The summed E-state index contributed by atoms with van der Waals surface area (Å²) >= 11 is 1.15. The Morgan fingerprint density at radius 2 is 2.19 bits per heavy atom. The van der Waals surface area contributed by atoms with Gasteiger partial charge in [0.1, 0.15) is 5.82 Å². The number of hydrogen-bond donors (Lipinski definition) is 1. The molecule has 6 nitrogen and oxygen atoms in total. The van der Waals surface area contributed by atoms with Crippen molar-refractivity contribution in [2.24, 2.45) is 0 Å². The topological polar surface area (TPSA) is 80.9 Å². The second kappa shape index (κ2) is 5.53. The predicted molar refractivity (Wildman–Crippen MR) is 79.8 cm³/mol. The van der Waals surface area contributed by atoms with Crippen molar-refractivity contribution in [2.75, 3.05) is 5.75 Å². The van der Waals surface area contributed by atoms with Crippen LogP contribution in [0.1, 0.15) is 5.82 Å². The molecule has 1 aromatic carbocycles. The molecular weight excluding hydrogens is 288 g/mol. The summed E-state index contributed by atoms with van der Waals surface area (Å²) in [6.45, 7) is 1.84. The van der Waals surface area contributed by atoms with Crippen LogP contribution in [0, 0.1) is 6.92 Å². The molecule has 0 unspecified atom stereocenters. The van der Waals surface area contributed by atoms with E-state index < -0.39 is 5.97 Å². The van der Waals surface area contributed by atoms with Gasteiger partial charge in [0.25, 0.3) is 0 Å². The Morgan fingerprint density at radius 3 is 3.00 bits per heavy atom. The highest BCUT2D eigenvalue weighted by Gasteiger charge is 2.13. The molecule has 0 aliphatic rings. The summed E-state index contributed by atoms with van der Waals surface area (Å²) in [6.07, 6.45) is 1.75. The van der Waals surface area contributed by atoms with Gasteiger partial charge in [-0.25, -0.2) is 0 Å². The molecule has 3 rings (SSSR count). The lowest BCUT2D eigenvalue weighted by atomic mass is 10.2. The molecule has 0 saturated heterocycles. The van der Waals surface area contributed by atoms with Crippen molar-refractivity contribution in [3.63, 3.8) is 0 Å². The number of carboxylic acid groups (broad SMARTS) is 1. The number of carbonyl (C=O) groups is 1. The van der Waals surface area contributed by atoms with E-state index in [9.17, 15) is 4.79 Å². The SMILES string of the molecule is Cc1nnc(SCC(=O)O)n1-c1ccc2ncccc2c1. The molecule has 0 fully saturated rings. The summed E-state index contributed by atoms with van der Waals surface area (Å²) in [7, 11) is 0. The number of nitrogens with zero attached hydrogens (tertiary/aromatic N) is 4. The average molecular weight is 300 g/mol. The van der Waals surface area contributed by atoms with Crippen molar-refractivity contribution in [2.45, 2.75) is 12.1 Å². The Kier molecular flexibility index (Phi) is 3.57. The van der Waals surface area contributed by atoms with Crippen LogP contribution in [-0.4, -0.2) is 36.6 Å². The Bertz CT molecular complexity index is 816. The molecule has 1 N–H and O–H groups in total. The van der Waals surface area contributed by atoms with Gasteiger partial charge in [-0.3, -0.25) is 14.3 Å². The second-order valence-corrected chi connectivity index (χ2v) is 5.37. The molecule has 0 aliphatic heterocycles. The van der Waals surface area contributed by atoms with Gasteiger partial charge in [0.15, 0.2) is 5.16 Å². The Morgan fingerprint density at radius 1 is 1.33 bits per heavy atom. The molecule has 0 atom stereocenters. The molecule has 0 radical (unpaired) electrons. The number of aliphatic carboxylic acids is 1. The number of benzene rings is 1. The molecule has 0 saturated carbocycles. The lowest BCUT2D eigenvalue weighted by molar-refractivity contribution is -0.133. The zero-order valence-corrected chi connectivity index (χ0v) is 12.0. The minimum absolute atomic E-state index is 0.0483. The standard InChI is InChI=1S/C14H12N4O2S/c1-9-16-17-14(21-8-13(19)20)18(9)11-4-5-12-10(7-11)3-2-6-15-12/h2-7H,8H2,1H3,(H,19,20). The number of aryl methyl sites for hydroxylation is 1. The van der Waals surface area contributed by atoms with Gasteiger partial charge >= 0.3 is 5.97 Å². The molecule has 21 heavy (non-hydrogen) atoms. The normalized spacial score (nSPS) is 10.9.